The molecule has 2 aliphatic heterocycles. The quantitative estimate of drug-likeness (QED) is 0.222. The molecule has 14 heteroatoms. The van der Waals surface area contributed by atoms with E-state index in [1.54, 1.807) is 39.0 Å². The summed E-state index contributed by atoms with van der Waals surface area (Å²) < 4.78 is 43.6. The van der Waals surface area contributed by atoms with Crippen LogP contribution in [0, 0.1) is 10.1 Å². The molecule has 0 saturated carbocycles. The van der Waals surface area contributed by atoms with Crippen molar-refractivity contribution in [3.63, 3.8) is 0 Å². The molecule has 0 aliphatic carbocycles. The van der Waals surface area contributed by atoms with Crippen LogP contribution in [-0.4, -0.2) is 87.5 Å². The molecule has 2 aliphatic rings. The van der Waals surface area contributed by atoms with Crippen LogP contribution in [0.25, 0.3) is 0 Å². The summed E-state index contributed by atoms with van der Waals surface area (Å²) in [4.78, 5) is 39.7. The van der Waals surface area contributed by atoms with Crippen LogP contribution in [0.4, 0.5) is 5.69 Å². The lowest BCUT2D eigenvalue weighted by atomic mass is 9.80. The maximum absolute atomic E-state index is 13.5. The van der Waals surface area contributed by atoms with E-state index in [1.165, 1.54) is 41.7 Å². The number of dihydropyridines is 1. The molecule has 2 aromatic rings. The second-order valence-corrected chi connectivity index (χ2v) is 12.2. The minimum atomic E-state index is -3.66. The third kappa shape index (κ3) is 7.09. The first-order valence-electron chi connectivity index (χ1n) is 14.1. The number of sulfonamides is 1. The van der Waals surface area contributed by atoms with Crippen LogP contribution in [0.3, 0.4) is 0 Å². The summed E-state index contributed by atoms with van der Waals surface area (Å²) in [5.41, 5.74) is 1.43. The summed E-state index contributed by atoms with van der Waals surface area (Å²) in [5.74, 6) is -1.71. The van der Waals surface area contributed by atoms with E-state index in [4.69, 9.17) is 14.2 Å². The second-order valence-electron chi connectivity index (χ2n) is 10.3. The first-order valence-corrected chi connectivity index (χ1v) is 15.6. The van der Waals surface area contributed by atoms with Gasteiger partial charge in [0.2, 0.25) is 10.0 Å². The van der Waals surface area contributed by atoms with Gasteiger partial charge in [0.1, 0.15) is 12.4 Å². The Labute approximate surface area is 256 Å². The lowest BCUT2D eigenvalue weighted by Crippen LogP contribution is -2.49. The number of hydrogen-bond donors (Lipinski definition) is 1. The van der Waals surface area contributed by atoms with E-state index in [1.807, 2.05) is 4.90 Å². The molecule has 13 nitrogen and oxygen atoms in total. The van der Waals surface area contributed by atoms with Gasteiger partial charge >= 0.3 is 11.9 Å². The highest BCUT2D eigenvalue weighted by Crippen LogP contribution is 2.40. The van der Waals surface area contributed by atoms with Gasteiger partial charge in [0.05, 0.1) is 40.6 Å². The molecular formula is C30H36N4O9S. The Morgan fingerprint density at radius 3 is 2.16 bits per heavy atom. The number of non-ortho nitro benzene ring substituents is 1. The standard InChI is InChI=1S/C30H36N4O9S/c1-5-42-29(35)26-20(2)31-21(3)27(28(26)22-7-6-8-23(19-22)34(37)38)30(36)43-18-17-32-13-15-33(16-14-32)44(39,40)25-11-9-24(41-4)10-12-25/h6-12,19,28,31H,5,13-18H2,1-4H3. The number of ether oxygens (including phenoxy) is 3. The van der Waals surface area contributed by atoms with Crippen LogP contribution < -0.4 is 10.1 Å². The van der Waals surface area contributed by atoms with Crippen LogP contribution in [0.1, 0.15) is 32.3 Å². The predicted molar refractivity (Wildman–Crippen MR) is 160 cm³/mol. The summed E-state index contributed by atoms with van der Waals surface area (Å²) in [7, 11) is -2.15. The molecule has 0 spiro atoms. The van der Waals surface area contributed by atoms with E-state index in [0.29, 0.717) is 42.3 Å². The first kappa shape index (κ1) is 32.6. The molecule has 44 heavy (non-hydrogen) atoms. The average Bonchev–Trinajstić information content (AvgIpc) is 3.01. The molecule has 0 bridgehead atoms. The fourth-order valence-electron chi connectivity index (χ4n) is 5.33. The maximum atomic E-state index is 13.5. The molecule has 2 heterocycles. The lowest BCUT2D eigenvalue weighted by molar-refractivity contribution is -0.384. The number of rotatable bonds is 11. The van der Waals surface area contributed by atoms with Crippen LogP contribution in [0.2, 0.25) is 0 Å². The zero-order chi connectivity index (χ0) is 32.0. The summed E-state index contributed by atoms with van der Waals surface area (Å²) in [6.07, 6.45) is 0. The largest absolute Gasteiger partial charge is 0.497 e. The van der Waals surface area contributed by atoms with E-state index in [9.17, 15) is 28.1 Å². The Kier molecular flexibility index (Phi) is 10.4. The van der Waals surface area contributed by atoms with Gasteiger partial charge in [0.25, 0.3) is 5.69 Å². The minimum Gasteiger partial charge on any atom is -0.497 e. The van der Waals surface area contributed by atoms with Crippen molar-refractivity contribution in [2.24, 2.45) is 0 Å². The number of carbonyl (C=O) groups excluding carboxylic acids is 2. The van der Waals surface area contributed by atoms with Gasteiger partial charge in [-0.15, -0.1) is 0 Å². The van der Waals surface area contributed by atoms with E-state index in [-0.39, 0.29) is 48.0 Å². The van der Waals surface area contributed by atoms with Crippen LogP contribution in [-0.2, 0) is 29.1 Å². The number of piperazine rings is 1. The van der Waals surface area contributed by atoms with Gasteiger partial charge in [-0.1, -0.05) is 12.1 Å². The van der Waals surface area contributed by atoms with Crippen molar-refractivity contribution in [3.8, 4) is 5.75 Å². The number of carbonyl (C=O) groups is 2. The van der Waals surface area contributed by atoms with Gasteiger partial charge in [0, 0.05) is 56.3 Å². The molecule has 4 rings (SSSR count). The summed E-state index contributed by atoms with van der Waals surface area (Å²) >= 11 is 0. The van der Waals surface area contributed by atoms with Crippen molar-refractivity contribution in [2.75, 3.05) is 53.0 Å². The van der Waals surface area contributed by atoms with E-state index >= 15 is 0 Å². The molecule has 1 fully saturated rings. The van der Waals surface area contributed by atoms with Crippen LogP contribution in [0.15, 0.2) is 76.0 Å². The summed E-state index contributed by atoms with van der Waals surface area (Å²) in [6, 6.07) is 12.0. The highest BCUT2D eigenvalue weighted by atomic mass is 32.2. The number of nitro benzene ring substituents is 1. The Hall–Kier alpha value is -4.27. The first-order chi connectivity index (χ1) is 21.0. The minimum absolute atomic E-state index is 0.0138. The molecule has 0 aromatic heterocycles. The van der Waals surface area contributed by atoms with Crippen molar-refractivity contribution in [1.82, 2.24) is 14.5 Å². The van der Waals surface area contributed by atoms with Gasteiger partial charge in [-0.25, -0.2) is 18.0 Å². The van der Waals surface area contributed by atoms with Crippen LogP contribution in [0.5, 0.6) is 5.75 Å². The number of allylic oxidation sites excluding steroid dienone is 2. The highest BCUT2D eigenvalue weighted by Gasteiger charge is 2.38. The summed E-state index contributed by atoms with van der Waals surface area (Å²) in [5, 5.41) is 14.6. The molecular weight excluding hydrogens is 592 g/mol. The van der Waals surface area contributed by atoms with E-state index in [2.05, 4.69) is 5.32 Å². The molecule has 0 radical (unpaired) electrons. The number of esters is 2. The van der Waals surface area contributed by atoms with Gasteiger partial charge in [-0.2, -0.15) is 4.31 Å². The molecule has 1 atom stereocenters. The third-order valence-corrected chi connectivity index (χ3v) is 9.47. The predicted octanol–water partition coefficient (Wildman–Crippen LogP) is 2.95. The Morgan fingerprint density at radius 2 is 1.59 bits per heavy atom. The molecule has 1 saturated heterocycles. The number of nitrogens with one attached hydrogen (secondary N) is 1. The van der Waals surface area contributed by atoms with Crippen LogP contribution >= 0.6 is 0 Å². The van der Waals surface area contributed by atoms with Crippen molar-refractivity contribution in [1.29, 1.82) is 0 Å². The van der Waals surface area contributed by atoms with Crippen molar-refractivity contribution in [2.45, 2.75) is 31.6 Å². The van der Waals surface area contributed by atoms with Gasteiger partial charge in [-0.3, -0.25) is 15.0 Å². The summed E-state index contributed by atoms with van der Waals surface area (Å²) in [6.45, 7) is 6.94. The Morgan fingerprint density at radius 1 is 0.977 bits per heavy atom. The fraction of sp³-hybridized carbons (Fsp3) is 0.400. The maximum Gasteiger partial charge on any atom is 0.336 e. The second kappa shape index (κ2) is 14.0. The zero-order valence-corrected chi connectivity index (χ0v) is 25.9. The van der Waals surface area contributed by atoms with Gasteiger partial charge in [0.15, 0.2) is 0 Å². The van der Waals surface area contributed by atoms with Gasteiger partial charge in [-0.05, 0) is 50.6 Å². The normalized spacial score (nSPS) is 18.0. The van der Waals surface area contributed by atoms with Crippen molar-refractivity contribution in [3.05, 3.63) is 86.7 Å². The smallest absolute Gasteiger partial charge is 0.336 e. The highest BCUT2D eigenvalue weighted by molar-refractivity contribution is 7.89. The van der Waals surface area contributed by atoms with Crippen molar-refractivity contribution >= 4 is 27.6 Å². The third-order valence-electron chi connectivity index (χ3n) is 7.56. The van der Waals surface area contributed by atoms with Crippen molar-refractivity contribution < 1.29 is 37.1 Å². The van der Waals surface area contributed by atoms with E-state index < -0.39 is 32.8 Å². The molecule has 0 amide bonds. The number of methoxy groups -OCH3 is 1. The van der Waals surface area contributed by atoms with Gasteiger partial charge < -0.3 is 19.5 Å². The Balaban J connectivity index is 1.44. The average molecular weight is 629 g/mol. The van der Waals surface area contributed by atoms with E-state index in [0.717, 1.165) is 0 Å². The monoisotopic (exact) mass is 628 g/mol. The number of nitrogens with zero attached hydrogens (tertiary/aromatic N) is 3. The zero-order valence-electron chi connectivity index (χ0n) is 25.1. The molecule has 2 aromatic carbocycles. The topological polar surface area (TPSA) is 158 Å². The number of benzene rings is 2. The number of nitro groups is 1. The molecule has 1 N–H and O–H groups in total. The Bertz CT molecular complexity index is 1580. The molecule has 236 valence electrons. The number of hydrogen-bond acceptors (Lipinski definition) is 11. The lowest BCUT2D eigenvalue weighted by Gasteiger charge is -2.34. The molecule has 1 unspecified atom stereocenters. The SMILES string of the molecule is CCOC(=O)C1=C(C)NC(C)=C(C(=O)OCCN2CCN(S(=O)(=O)c3ccc(OC)cc3)CC2)C1c1cccc([N+](=O)[O-])c1. The fourth-order valence-corrected chi connectivity index (χ4v) is 6.75.